The Balaban J connectivity index is 0.000000956. The number of carbonyl (C=O) groups is 1. The van der Waals surface area contributed by atoms with Crippen molar-refractivity contribution in [3.8, 4) is 0 Å². The van der Waals surface area contributed by atoms with E-state index in [0.29, 0.717) is 0 Å². The Morgan fingerprint density at radius 1 is 1.30 bits per heavy atom. The third-order valence-electron chi connectivity index (χ3n) is 3.52. The standard InChI is InChI=1S/C15H23NO2.C2H6/c1-11-13-8-6-5-7-12(13)9-10-16(11)14(17)18-15(2,3)4;1-2/h6,8,11H,5,7,9-10H2,1-4H3;1-2H3/t11-;/m0./s1. The SMILES string of the molecule is CC.C[C@H]1C2=C(CCC=C2)CCN1C(=O)OC(C)(C)C. The second kappa shape index (κ2) is 6.96. The molecule has 0 saturated carbocycles. The fraction of sp³-hybridized carbons (Fsp3) is 0.706. The van der Waals surface area contributed by atoms with Gasteiger partial charge in [-0.15, -0.1) is 0 Å². The van der Waals surface area contributed by atoms with Crippen LogP contribution in [-0.2, 0) is 4.74 Å². The van der Waals surface area contributed by atoms with Crippen LogP contribution in [0, 0.1) is 0 Å². The molecule has 1 heterocycles. The maximum Gasteiger partial charge on any atom is 0.410 e. The molecule has 1 aliphatic carbocycles. The van der Waals surface area contributed by atoms with Crippen molar-refractivity contribution in [3.63, 3.8) is 0 Å². The van der Waals surface area contributed by atoms with Gasteiger partial charge in [-0.05, 0) is 52.5 Å². The highest BCUT2D eigenvalue weighted by Crippen LogP contribution is 2.31. The molecule has 1 aliphatic heterocycles. The Hall–Kier alpha value is -1.25. The first-order valence-electron chi connectivity index (χ1n) is 7.76. The van der Waals surface area contributed by atoms with Crippen molar-refractivity contribution in [1.82, 2.24) is 4.90 Å². The molecule has 0 radical (unpaired) electrons. The topological polar surface area (TPSA) is 29.5 Å². The fourth-order valence-electron chi connectivity index (χ4n) is 2.62. The second-order valence-electron chi connectivity index (χ2n) is 6.10. The van der Waals surface area contributed by atoms with Gasteiger partial charge in [0.2, 0.25) is 0 Å². The maximum absolute atomic E-state index is 12.2. The van der Waals surface area contributed by atoms with Crippen LogP contribution in [0.15, 0.2) is 23.3 Å². The minimum Gasteiger partial charge on any atom is -0.444 e. The Bertz CT molecular complexity index is 402. The lowest BCUT2D eigenvalue weighted by atomic mass is 9.87. The van der Waals surface area contributed by atoms with Crippen molar-refractivity contribution in [1.29, 1.82) is 0 Å². The van der Waals surface area contributed by atoms with Gasteiger partial charge < -0.3 is 9.64 Å². The van der Waals surface area contributed by atoms with Gasteiger partial charge in [-0.2, -0.15) is 0 Å². The third kappa shape index (κ3) is 4.12. The molecular formula is C17H29NO2. The van der Waals surface area contributed by atoms with Crippen LogP contribution >= 0.6 is 0 Å². The Kier molecular flexibility index (Phi) is 5.85. The van der Waals surface area contributed by atoms with E-state index >= 15 is 0 Å². The van der Waals surface area contributed by atoms with Crippen LogP contribution in [0.3, 0.4) is 0 Å². The number of allylic oxidation sites excluding steroid dienone is 1. The summed E-state index contributed by atoms with van der Waals surface area (Å²) in [5, 5.41) is 0. The molecule has 114 valence electrons. The van der Waals surface area contributed by atoms with E-state index in [1.165, 1.54) is 11.1 Å². The molecule has 1 amide bonds. The van der Waals surface area contributed by atoms with Gasteiger partial charge in [0, 0.05) is 6.54 Å². The Morgan fingerprint density at radius 3 is 2.55 bits per heavy atom. The van der Waals surface area contributed by atoms with E-state index in [1.807, 2.05) is 39.5 Å². The number of carbonyl (C=O) groups excluding carboxylic acids is 1. The monoisotopic (exact) mass is 279 g/mol. The molecule has 0 aromatic rings. The fourth-order valence-corrected chi connectivity index (χ4v) is 2.62. The van der Waals surface area contributed by atoms with Gasteiger partial charge in [0.05, 0.1) is 6.04 Å². The number of nitrogens with zero attached hydrogens (tertiary/aromatic N) is 1. The lowest BCUT2D eigenvalue weighted by Crippen LogP contribution is -2.46. The molecule has 0 unspecified atom stereocenters. The molecule has 0 saturated heterocycles. The van der Waals surface area contributed by atoms with Crippen LogP contribution in [-0.4, -0.2) is 29.2 Å². The van der Waals surface area contributed by atoms with Gasteiger partial charge in [0.25, 0.3) is 0 Å². The summed E-state index contributed by atoms with van der Waals surface area (Å²) in [5.41, 5.74) is 2.41. The minimum atomic E-state index is -0.423. The molecule has 0 aromatic heterocycles. The van der Waals surface area contributed by atoms with E-state index in [4.69, 9.17) is 4.74 Å². The van der Waals surface area contributed by atoms with Crippen LogP contribution in [0.25, 0.3) is 0 Å². The van der Waals surface area contributed by atoms with Crippen LogP contribution < -0.4 is 0 Å². The van der Waals surface area contributed by atoms with E-state index in [0.717, 1.165) is 25.8 Å². The summed E-state index contributed by atoms with van der Waals surface area (Å²) >= 11 is 0. The van der Waals surface area contributed by atoms with E-state index in [9.17, 15) is 4.79 Å². The van der Waals surface area contributed by atoms with Crippen molar-refractivity contribution >= 4 is 6.09 Å². The molecule has 3 nitrogen and oxygen atoms in total. The summed E-state index contributed by atoms with van der Waals surface area (Å²) < 4.78 is 5.47. The van der Waals surface area contributed by atoms with Crippen LogP contribution in [0.5, 0.6) is 0 Å². The summed E-state index contributed by atoms with van der Waals surface area (Å²) in [5.74, 6) is 0. The number of ether oxygens (including phenoxy) is 1. The molecule has 2 aliphatic rings. The zero-order valence-electron chi connectivity index (χ0n) is 13.8. The number of amides is 1. The molecule has 20 heavy (non-hydrogen) atoms. The van der Waals surface area contributed by atoms with Crippen molar-refractivity contribution in [2.75, 3.05) is 6.54 Å². The highest BCUT2D eigenvalue weighted by molar-refractivity contribution is 5.70. The van der Waals surface area contributed by atoms with Gasteiger partial charge in [0.15, 0.2) is 0 Å². The van der Waals surface area contributed by atoms with E-state index in [-0.39, 0.29) is 12.1 Å². The van der Waals surface area contributed by atoms with Crippen molar-refractivity contribution in [2.45, 2.75) is 72.4 Å². The molecule has 0 aromatic carbocycles. The normalized spacial score (nSPS) is 21.9. The summed E-state index contributed by atoms with van der Waals surface area (Å²) in [7, 11) is 0. The maximum atomic E-state index is 12.2. The lowest BCUT2D eigenvalue weighted by molar-refractivity contribution is 0.0194. The van der Waals surface area contributed by atoms with Crippen molar-refractivity contribution in [2.24, 2.45) is 0 Å². The number of rotatable bonds is 0. The predicted octanol–water partition coefficient (Wildman–Crippen LogP) is 4.69. The summed E-state index contributed by atoms with van der Waals surface area (Å²) in [6.07, 6.45) is 7.47. The van der Waals surface area contributed by atoms with Gasteiger partial charge in [-0.3, -0.25) is 0 Å². The zero-order chi connectivity index (χ0) is 15.3. The van der Waals surface area contributed by atoms with Crippen molar-refractivity contribution < 1.29 is 9.53 Å². The van der Waals surface area contributed by atoms with Gasteiger partial charge in [-0.1, -0.05) is 31.6 Å². The Labute approximate surface area is 123 Å². The van der Waals surface area contributed by atoms with Crippen LogP contribution in [0.2, 0.25) is 0 Å². The summed E-state index contributed by atoms with van der Waals surface area (Å²) in [6.45, 7) is 12.6. The van der Waals surface area contributed by atoms with Gasteiger partial charge in [-0.25, -0.2) is 4.79 Å². The minimum absolute atomic E-state index is 0.139. The first-order chi connectivity index (χ1) is 9.38. The average Bonchev–Trinajstić information content (AvgIpc) is 2.39. The molecular weight excluding hydrogens is 250 g/mol. The molecule has 1 atom stereocenters. The highest BCUT2D eigenvalue weighted by Gasteiger charge is 2.31. The molecule has 0 bridgehead atoms. The number of hydrogen-bond acceptors (Lipinski definition) is 2. The van der Waals surface area contributed by atoms with E-state index in [2.05, 4.69) is 19.1 Å². The molecule has 3 heteroatoms. The summed E-state index contributed by atoms with van der Waals surface area (Å²) in [6, 6.07) is 0.139. The first kappa shape index (κ1) is 16.8. The first-order valence-corrected chi connectivity index (χ1v) is 7.76. The molecule has 2 rings (SSSR count). The third-order valence-corrected chi connectivity index (χ3v) is 3.52. The Morgan fingerprint density at radius 2 is 1.95 bits per heavy atom. The van der Waals surface area contributed by atoms with Gasteiger partial charge in [0.1, 0.15) is 5.60 Å². The zero-order valence-corrected chi connectivity index (χ0v) is 13.8. The molecule has 0 spiro atoms. The quantitative estimate of drug-likeness (QED) is 0.644. The summed E-state index contributed by atoms with van der Waals surface area (Å²) in [4.78, 5) is 14.0. The van der Waals surface area contributed by atoms with Crippen molar-refractivity contribution in [3.05, 3.63) is 23.3 Å². The second-order valence-corrected chi connectivity index (χ2v) is 6.10. The van der Waals surface area contributed by atoms with E-state index in [1.54, 1.807) is 0 Å². The van der Waals surface area contributed by atoms with Gasteiger partial charge >= 0.3 is 6.09 Å². The van der Waals surface area contributed by atoms with E-state index < -0.39 is 5.60 Å². The van der Waals surface area contributed by atoms with Crippen LogP contribution in [0.4, 0.5) is 4.79 Å². The highest BCUT2D eigenvalue weighted by atomic mass is 16.6. The average molecular weight is 279 g/mol. The lowest BCUT2D eigenvalue weighted by Gasteiger charge is -2.38. The molecule has 0 fully saturated rings. The number of hydrogen-bond donors (Lipinski definition) is 0. The largest absolute Gasteiger partial charge is 0.444 e. The smallest absolute Gasteiger partial charge is 0.410 e. The predicted molar refractivity (Wildman–Crippen MR) is 83.8 cm³/mol. The van der Waals surface area contributed by atoms with Crippen LogP contribution in [0.1, 0.15) is 60.8 Å². The molecule has 0 N–H and O–H groups in total.